The van der Waals surface area contributed by atoms with Gasteiger partial charge in [-0.2, -0.15) is 0 Å². The molecule has 0 aliphatic rings. The van der Waals surface area contributed by atoms with Crippen molar-refractivity contribution in [2.75, 3.05) is 0 Å². The van der Waals surface area contributed by atoms with Gasteiger partial charge in [-0.3, -0.25) is 0 Å². The normalized spacial score (nSPS) is 10.2. The Kier molecular flexibility index (Phi) is 3.86. The Labute approximate surface area is 150 Å². The van der Waals surface area contributed by atoms with Gasteiger partial charge in [0.25, 0.3) is 12.5 Å². The van der Waals surface area contributed by atoms with E-state index in [2.05, 4.69) is 0 Å². The van der Waals surface area contributed by atoms with Crippen LogP contribution in [0.15, 0.2) is 72.8 Å². The molecule has 0 aliphatic carbocycles. The molecule has 122 valence electrons. The molecule has 0 unspecified atom stereocenters. The second-order valence-corrected chi connectivity index (χ2v) is 5.70. The number of benzene rings is 4. The van der Waals surface area contributed by atoms with Gasteiger partial charge in [0.1, 0.15) is 5.75 Å². The van der Waals surface area contributed by atoms with Crippen molar-refractivity contribution in [1.82, 2.24) is 0 Å². The molecule has 0 atom stereocenters. The highest BCUT2D eigenvalue weighted by Crippen LogP contribution is 2.40. The molecule has 0 aliphatic heterocycles. The van der Waals surface area contributed by atoms with E-state index in [1.807, 2.05) is 60.7 Å². The third-order valence-corrected chi connectivity index (χ3v) is 4.35. The van der Waals surface area contributed by atoms with Crippen molar-refractivity contribution in [3.05, 3.63) is 72.8 Å². The first-order chi connectivity index (χ1) is 12.8. The van der Waals surface area contributed by atoms with Gasteiger partial charge < -0.3 is 9.47 Å². The van der Waals surface area contributed by atoms with E-state index in [0.29, 0.717) is 11.5 Å². The van der Waals surface area contributed by atoms with E-state index in [-0.39, 0.29) is 0 Å². The van der Waals surface area contributed by atoms with Crippen molar-refractivity contribution >= 4 is 21.5 Å². The topological polar surface area (TPSA) is 66.0 Å². The number of fused-ring (bicyclic) bond motifs is 2. The lowest BCUT2D eigenvalue weighted by Crippen LogP contribution is -1.90. The number of hydrogen-bond donors (Lipinski definition) is 0. The number of nitrogens with zero attached hydrogens (tertiary/aromatic N) is 2. The van der Waals surface area contributed by atoms with Gasteiger partial charge in [0.2, 0.25) is 0 Å². The third-order valence-electron chi connectivity index (χ3n) is 4.35. The Morgan fingerprint density at radius 2 is 1.27 bits per heavy atom. The summed E-state index contributed by atoms with van der Waals surface area (Å²) in [6.45, 7) is 0. The molecule has 0 bridgehead atoms. The minimum Gasteiger partial charge on any atom is -0.387 e. The van der Waals surface area contributed by atoms with Crippen LogP contribution in [-0.2, 0) is 0 Å². The zero-order valence-electron chi connectivity index (χ0n) is 13.6. The van der Waals surface area contributed by atoms with Gasteiger partial charge in [-0.25, -0.2) is 0 Å². The smallest absolute Gasteiger partial charge is 0.292 e. The molecule has 0 N–H and O–H groups in total. The molecule has 26 heavy (non-hydrogen) atoms. The lowest BCUT2D eigenvalue weighted by Gasteiger charge is -2.13. The van der Waals surface area contributed by atoms with E-state index < -0.39 is 0 Å². The maximum Gasteiger partial charge on any atom is 0.292 e. The van der Waals surface area contributed by atoms with Gasteiger partial charge in [0.05, 0.1) is 0 Å². The highest BCUT2D eigenvalue weighted by Gasteiger charge is 2.14. The van der Waals surface area contributed by atoms with E-state index in [0.717, 1.165) is 32.7 Å². The van der Waals surface area contributed by atoms with Crippen LogP contribution in [0.2, 0.25) is 0 Å². The van der Waals surface area contributed by atoms with Crippen LogP contribution < -0.4 is 9.47 Å². The summed E-state index contributed by atoms with van der Waals surface area (Å²) < 4.78 is 10.3. The van der Waals surface area contributed by atoms with Crippen LogP contribution in [0, 0.1) is 23.0 Å². The first-order valence-corrected chi connectivity index (χ1v) is 7.99. The number of ether oxygens (including phenoxy) is 2. The SMILES string of the molecule is N#COc1ccc(-c2cccc3cccc(OC#N)c23)c2ccccc12. The maximum absolute atomic E-state index is 8.99. The van der Waals surface area contributed by atoms with Crippen molar-refractivity contribution < 1.29 is 9.47 Å². The highest BCUT2D eigenvalue weighted by atomic mass is 16.5. The quantitative estimate of drug-likeness (QED) is 0.471. The minimum absolute atomic E-state index is 0.514. The van der Waals surface area contributed by atoms with Crippen LogP contribution in [0.1, 0.15) is 0 Å². The molecule has 4 aromatic rings. The van der Waals surface area contributed by atoms with E-state index in [9.17, 15) is 0 Å². The van der Waals surface area contributed by atoms with Crippen LogP contribution in [-0.4, -0.2) is 0 Å². The van der Waals surface area contributed by atoms with Crippen LogP contribution in [0.5, 0.6) is 11.5 Å². The van der Waals surface area contributed by atoms with Gasteiger partial charge in [0, 0.05) is 10.8 Å². The number of hydrogen-bond acceptors (Lipinski definition) is 4. The van der Waals surface area contributed by atoms with Crippen LogP contribution in [0.3, 0.4) is 0 Å². The second kappa shape index (κ2) is 6.47. The Bertz CT molecular complexity index is 1210. The zero-order valence-corrected chi connectivity index (χ0v) is 13.6. The zero-order chi connectivity index (χ0) is 17.9. The lowest BCUT2D eigenvalue weighted by molar-refractivity contribution is 0.513. The summed E-state index contributed by atoms with van der Waals surface area (Å²) in [6.07, 6.45) is 3.50. The molecule has 4 rings (SSSR count). The molecule has 0 fully saturated rings. The summed E-state index contributed by atoms with van der Waals surface area (Å²) in [6, 6.07) is 23.1. The van der Waals surface area contributed by atoms with E-state index in [1.165, 1.54) is 0 Å². The molecule has 0 aromatic heterocycles. The molecular weight excluding hydrogens is 324 g/mol. The third kappa shape index (κ3) is 2.47. The average Bonchev–Trinajstić information content (AvgIpc) is 2.68. The molecule has 0 heterocycles. The van der Waals surface area contributed by atoms with Crippen LogP contribution >= 0.6 is 0 Å². The Hall–Kier alpha value is -4.02. The monoisotopic (exact) mass is 336 g/mol. The van der Waals surface area contributed by atoms with Gasteiger partial charge in [-0.05, 0) is 40.1 Å². The molecule has 4 nitrogen and oxygen atoms in total. The predicted molar refractivity (Wildman–Crippen MR) is 99.4 cm³/mol. The fourth-order valence-electron chi connectivity index (χ4n) is 3.31. The van der Waals surface area contributed by atoms with E-state index in [1.54, 1.807) is 24.6 Å². The number of rotatable bonds is 3. The summed E-state index contributed by atoms with van der Waals surface area (Å²) in [4.78, 5) is 0. The van der Waals surface area contributed by atoms with Gasteiger partial charge in [-0.1, -0.05) is 54.6 Å². The predicted octanol–water partition coefficient (Wildman–Crippen LogP) is 5.38. The average molecular weight is 336 g/mol. The van der Waals surface area contributed by atoms with Gasteiger partial charge in [0.15, 0.2) is 5.75 Å². The molecule has 0 amide bonds. The largest absolute Gasteiger partial charge is 0.387 e. The minimum atomic E-state index is 0.514. The van der Waals surface area contributed by atoms with Crippen molar-refractivity contribution in [2.45, 2.75) is 0 Å². The summed E-state index contributed by atoms with van der Waals surface area (Å²) >= 11 is 0. The summed E-state index contributed by atoms with van der Waals surface area (Å²) in [5, 5.41) is 21.5. The first kappa shape index (κ1) is 15.5. The Balaban J connectivity index is 2.08. The van der Waals surface area contributed by atoms with Crippen molar-refractivity contribution in [1.29, 1.82) is 10.5 Å². The van der Waals surface area contributed by atoms with Crippen LogP contribution in [0.25, 0.3) is 32.7 Å². The number of nitriles is 2. The summed E-state index contributed by atoms with van der Waals surface area (Å²) in [5.41, 5.74) is 1.93. The lowest BCUT2D eigenvalue weighted by atomic mass is 9.93. The summed E-state index contributed by atoms with van der Waals surface area (Å²) in [7, 11) is 0. The Morgan fingerprint density at radius 3 is 2.04 bits per heavy atom. The molecule has 0 saturated heterocycles. The fourth-order valence-corrected chi connectivity index (χ4v) is 3.31. The fraction of sp³-hybridized carbons (Fsp3) is 0. The summed E-state index contributed by atoms with van der Waals surface area (Å²) in [5.74, 6) is 1.03. The maximum atomic E-state index is 8.99. The molecule has 4 aromatic carbocycles. The molecular formula is C22H12N2O2. The van der Waals surface area contributed by atoms with Crippen molar-refractivity contribution in [3.63, 3.8) is 0 Å². The molecule has 0 radical (unpaired) electrons. The van der Waals surface area contributed by atoms with E-state index in [4.69, 9.17) is 20.0 Å². The van der Waals surface area contributed by atoms with E-state index >= 15 is 0 Å². The van der Waals surface area contributed by atoms with Gasteiger partial charge in [-0.15, -0.1) is 10.5 Å². The van der Waals surface area contributed by atoms with Crippen molar-refractivity contribution in [3.8, 4) is 35.1 Å². The second-order valence-electron chi connectivity index (χ2n) is 5.70. The van der Waals surface area contributed by atoms with Crippen LogP contribution in [0.4, 0.5) is 0 Å². The highest BCUT2D eigenvalue weighted by molar-refractivity contribution is 6.08. The molecule has 0 spiro atoms. The Morgan fingerprint density at radius 1 is 0.577 bits per heavy atom. The molecule has 0 saturated carbocycles. The first-order valence-electron chi connectivity index (χ1n) is 7.99. The van der Waals surface area contributed by atoms with Gasteiger partial charge >= 0.3 is 0 Å². The van der Waals surface area contributed by atoms with Crippen molar-refractivity contribution in [2.24, 2.45) is 0 Å². The standard InChI is InChI=1S/C22H12N2O2/c23-13-25-20-12-11-17(16-7-1-2-8-18(16)20)19-9-3-5-15-6-4-10-21(22(15)19)26-14-24/h1-12H. The molecule has 4 heteroatoms.